The van der Waals surface area contributed by atoms with Crippen molar-refractivity contribution in [1.29, 1.82) is 0 Å². The van der Waals surface area contributed by atoms with Gasteiger partial charge in [-0.2, -0.15) is 0 Å². The summed E-state index contributed by atoms with van der Waals surface area (Å²) in [7, 11) is 0. The monoisotopic (exact) mass is 388 g/mol. The van der Waals surface area contributed by atoms with Gasteiger partial charge in [-0.3, -0.25) is 0 Å². The number of carbonyl (C=O) groups is 1. The molecule has 6 nitrogen and oxygen atoms in total. The highest BCUT2D eigenvalue weighted by Gasteiger charge is 2.09. The number of nitrogens with one attached hydrogen (secondary N) is 2. The summed E-state index contributed by atoms with van der Waals surface area (Å²) in [6.07, 6.45) is 0. The van der Waals surface area contributed by atoms with Crippen molar-refractivity contribution in [3.63, 3.8) is 0 Å². The second-order valence-electron chi connectivity index (χ2n) is 5.42. The van der Waals surface area contributed by atoms with Gasteiger partial charge in [-0.1, -0.05) is 35.3 Å². The van der Waals surface area contributed by atoms with Gasteiger partial charge in [0, 0.05) is 11.8 Å². The van der Waals surface area contributed by atoms with Crippen molar-refractivity contribution in [2.45, 2.75) is 6.92 Å². The van der Waals surface area contributed by atoms with E-state index in [0.29, 0.717) is 38.9 Å². The van der Waals surface area contributed by atoms with Crippen LogP contribution in [0.5, 0.6) is 0 Å². The van der Waals surface area contributed by atoms with Crippen molar-refractivity contribution in [3.05, 3.63) is 70.0 Å². The zero-order valence-electron chi connectivity index (χ0n) is 13.6. The van der Waals surface area contributed by atoms with Gasteiger partial charge in [0.2, 0.25) is 0 Å². The van der Waals surface area contributed by atoms with Gasteiger partial charge in [0.1, 0.15) is 17.5 Å². The normalized spacial score (nSPS) is 10.4. The van der Waals surface area contributed by atoms with Gasteiger partial charge < -0.3 is 15.7 Å². The molecular weight excluding hydrogens is 375 g/mol. The van der Waals surface area contributed by atoms with Crippen molar-refractivity contribution < 1.29 is 9.90 Å². The van der Waals surface area contributed by atoms with Crippen molar-refractivity contribution in [3.8, 4) is 0 Å². The maximum atomic E-state index is 11.1. The van der Waals surface area contributed by atoms with Crippen LogP contribution in [0.2, 0.25) is 10.0 Å². The van der Waals surface area contributed by atoms with Crippen molar-refractivity contribution in [2.24, 2.45) is 0 Å². The molecule has 8 heteroatoms. The van der Waals surface area contributed by atoms with Crippen LogP contribution in [0.1, 0.15) is 16.2 Å². The number of aromatic nitrogens is 2. The van der Waals surface area contributed by atoms with Gasteiger partial charge in [-0.25, -0.2) is 14.8 Å². The summed E-state index contributed by atoms with van der Waals surface area (Å²) in [5, 5.41) is 16.1. The number of rotatable bonds is 5. The molecule has 0 radical (unpaired) electrons. The van der Waals surface area contributed by atoms with E-state index in [1.165, 1.54) is 12.1 Å². The quantitative estimate of drug-likeness (QED) is 0.551. The Morgan fingerprint density at radius 3 is 2.42 bits per heavy atom. The molecule has 0 amide bonds. The highest BCUT2D eigenvalue weighted by Crippen LogP contribution is 2.31. The molecule has 1 heterocycles. The minimum absolute atomic E-state index is 0.185. The lowest BCUT2D eigenvalue weighted by molar-refractivity contribution is 0.0697. The molecule has 0 spiro atoms. The third kappa shape index (κ3) is 4.22. The first-order chi connectivity index (χ1) is 12.4. The SMILES string of the molecule is Cc1nc(Nc2cccc(C(=O)O)c2)cc(Nc2cccc(Cl)c2Cl)n1. The van der Waals surface area contributed by atoms with E-state index in [1.807, 2.05) is 0 Å². The van der Waals surface area contributed by atoms with Gasteiger partial charge in [0.25, 0.3) is 0 Å². The van der Waals surface area contributed by atoms with Crippen LogP contribution < -0.4 is 10.6 Å². The van der Waals surface area contributed by atoms with E-state index in [2.05, 4.69) is 20.6 Å². The summed E-state index contributed by atoms with van der Waals surface area (Å²) in [4.78, 5) is 19.7. The van der Waals surface area contributed by atoms with Crippen LogP contribution >= 0.6 is 23.2 Å². The van der Waals surface area contributed by atoms with E-state index in [1.54, 1.807) is 43.3 Å². The molecule has 0 aliphatic heterocycles. The molecule has 0 saturated heterocycles. The standard InChI is InChI=1S/C18H14Cl2N4O2/c1-10-21-15(23-12-5-2-4-11(8-12)18(25)26)9-16(22-10)24-14-7-3-6-13(19)17(14)20/h2-9H,1H3,(H,25,26)(H2,21,22,23,24). The molecule has 2 aromatic carbocycles. The van der Waals surface area contributed by atoms with Crippen LogP contribution in [-0.4, -0.2) is 21.0 Å². The Kier molecular flexibility index (Phi) is 5.25. The number of aromatic carboxylic acids is 1. The highest BCUT2D eigenvalue weighted by molar-refractivity contribution is 6.43. The van der Waals surface area contributed by atoms with Gasteiger partial charge in [0.15, 0.2) is 0 Å². The summed E-state index contributed by atoms with van der Waals surface area (Å²) in [6, 6.07) is 13.4. The van der Waals surface area contributed by atoms with Crippen LogP contribution in [0.3, 0.4) is 0 Å². The van der Waals surface area contributed by atoms with E-state index in [0.717, 1.165) is 0 Å². The Balaban J connectivity index is 1.87. The Morgan fingerprint density at radius 2 is 1.69 bits per heavy atom. The Morgan fingerprint density at radius 1 is 1.00 bits per heavy atom. The lowest BCUT2D eigenvalue weighted by Gasteiger charge is -2.12. The first-order valence-corrected chi connectivity index (χ1v) is 8.35. The van der Waals surface area contributed by atoms with Crippen LogP contribution in [0.4, 0.5) is 23.0 Å². The molecule has 3 rings (SSSR count). The van der Waals surface area contributed by atoms with Gasteiger partial charge in [0.05, 0.1) is 21.3 Å². The molecule has 0 atom stereocenters. The zero-order chi connectivity index (χ0) is 18.7. The number of hydrogen-bond acceptors (Lipinski definition) is 5. The van der Waals surface area contributed by atoms with E-state index in [-0.39, 0.29) is 5.56 Å². The summed E-state index contributed by atoms with van der Waals surface area (Å²) in [5.74, 6) is 0.578. The van der Waals surface area contributed by atoms with Crippen LogP contribution in [0.15, 0.2) is 48.5 Å². The fourth-order valence-electron chi connectivity index (χ4n) is 2.31. The average Bonchev–Trinajstić information content (AvgIpc) is 2.59. The first kappa shape index (κ1) is 18.0. The number of hydrogen-bond donors (Lipinski definition) is 3. The average molecular weight is 389 g/mol. The van der Waals surface area contributed by atoms with Crippen LogP contribution in [-0.2, 0) is 0 Å². The number of halogens is 2. The van der Waals surface area contributed by atoms with Crippen LogP contribution in [0, 0.1) is 6.92 Å². The third-order valence-electron chi connectivity index (χ3n) is 3.43. The minimum atomic E-state index is -0.995. The molecule has 3 N–H and O–H groups in total. The first-order valence-electron chi connectivity index (χ1n) is 7.59. The minimum Gasteiger partial charge on any atom is -0.478 e. The number of nitrogens with zero attached hydrogens (tertiary/aromatic N) is 2. The number of carboxylic acids is 1. The molecule has 0 unspecified atom stereocenters. The van der Waals surface area contributed by atoms with Crippen molar-refractivity contribution in [1.82, 2.24) is 9.97 Å². The molecule has 0 fully saturated rings. The Hall–Kier alpha value is -2.83. The molecule has 1 aromatic heterocycles. The second kappa shape index (κ2) is 7.59. The maximum Gasteiger partial charge on any atom is 0.335 e. The smallest absolute Gasteiger partial charge is 0.335 e. The van der Waals surface area contributed by atoms with E-state index >= 15 is 0 Å². The molecule has 0 aliphatic carbocycles. The fourth-order valence-corrected chi connectivity index (χ4v) is 2.66. The second-order valence-corrected chi connectivity index (χ2v) is 6.21. The van der Waals surface area contributed by atoms with E-state index in [9.17, 15) is 4.79 Å². The summed E-state index contributed by atoms with van der Waals surface area (Å²) in [5.41, 5.74) is 1.41. The molecule has 0 bridgehead atoms. The Labute approximate surface area is 159 Å². The third-order valence-corrected chi connectivity index (χ3v) is 4.25. The molecule has 0 saturated carbocycles. The van der Waals surface area contributed by atoms with Crippen molar-refractivity contribution in [2.75, 3.05) is 10.6 Å². The topological polar surface area (TPSA) is 87.1 Å². The number of carboxylic acid groups (broad SMARTS) is 1. The maximum absolute atomic E-state index is 11.1. The lowest BCUT2D eigenvalue weighted by atomic mass is 10.2. The predicted octanol–water partition coefficient (Wildman–Crippen LogP) is 5.28. The largest absolute Gasteiger partial charge is 0.478 e. The molecule has 132 valence electrons. The fraction of sp³-hybridized carbons (Fsp3) is 0.0556. The van der Waals surface area contributed by atoms with Gasteiger partial charge in [-0.05, 0) is 37.3 Å². The lowest BCUT2D eigenvalue weighted by Crippen LogP contribution is -2.03. The summed E-state index contributed by atoms with van der Waals surface area (Å²) >= 11 is 12.2. The highest BCUT2D eigenvalue weighted by atomic mass is 35.5. The number of anilines is 4. The molecule has 3 aromatic rings. The molecular formula is C18H14Cl2N4O2. The zero-order valence-corrected chi connectivity index (χ0v) is 15.1. The van der Waals surface area contributed by atoms with Crippen molar-refractivity contribution >= 4 is 52.2 Å². The summed E-state index contributed by atoms with van der Waals surface area (Å²) < 4.78 is 0. The summed E-state index contributed by atoms with van der Waals surface area (Å²) in [6.45, 7) is 1.75. The van der Waals surface area contributed by atoms with Gasteiger partial charge in [-0.15, -0.1) is 0 Å². The number of benzene rings is 2. The Bertz CT molecular complexity index is 979. The predicted molar refractivity (Wildman–Crippen MR) is 103 cm³/mol. The van der Waals surface area contributed by atoms with E-state index < -0.39 is 5.97 Å². The van der Waals surface area contributed by atoms with E-state index in [4.69, 9.17) is 28.3 Å². The van der Waals surface area contributed by atoms with Gasteiger partial charge >= 0.3 is 5.97 Å². The van der Waals surface area contributed by atoms with Crippen LogP contribution in [0.25, 0.3) is 0 Å². The molecule has 26 heavy (non-hydrogen) atoms. The number of aryl methyl sites for hydroxylation is 1. The molecule has 0 aliphatic rings.